The fraction of sp³-hybridized carbons (Fsp3) is 1.00. The average Bonchev–Trinajstić information content (AvgIpc) is 1.63. The van der Waals surface area contributed by atoms with Gasteiger partial charge in [0.2, 0.25) is 12.6 Å². The summed E-state index contributed by atoms with van der Waals surface area (Å²) in [7, 11) is 0. The van der Waals surface area contributed by atoms with E-state index in [1.54, 1.807) is 0 Å². The number of nitrogens with two attached hydrogens (primary N) is 1. The Kier molecular flexibility index (Phi) is 3.67. The van der Waals surface area contributed by atoms with Crippen LogP contribution in [0.25, 0.3) is 0 Å². The van der Waals surface area contributed by atoms with Crippen LogP contribution in [0.5, 0.6) is 0 Å². The lowest BCUT2D eigenvalue weighted by molar-refractivity contribution is -0.245. The van der Waals surface area contributed by atoms with E-state index in [1.165, 1.54) is 6.92 Å². The van der Waals surface area contributed by atoms with Crippen molar-refractivity contribution in [2.75, 3.05) is 0 Å². The molecule has 0 aliphatic rings. The summed E-state index contributed by atoms with van der Waals surface area (Å²) in [4.78, 5) is 0. The second kappa shape index (κ2) is 3.76. The zero-order chi connectivity index (χ0) is 7.44. The minimum Gasteiger partial charge on any atom is -0.364 e. The van der Waals surface area contributed by atoms with Crippen LogP contribution in [0, 0.1) is 0 Å². The molecule has 0 saturated carbocycles. The molecule has 0 aromatic carbocycles. The Balaban J connectivity index is 3.38. The highest BCUT2D eigenvalue weighted by Crippen LogP contribution is 1.93. The zero-order valence-corrected chi connectivity index (χ0v) is 5.06. The molecule has 0 heterocycles. The first-order valence-corrected chi connectivity index (χ1v) is 2.49. The second-order valence-electron chi connectivity index (χ2n) is 1.65. The van der Waals surface area contributed by atoms with Crippen LogP contribution in [0.3, 0.4) is 0 Å². The van der Waals surface area contributed by atoms with Crippen molar-refractivity contribution in [3.05, 3.63) is 0 Å². The number of hydrogen-bond acceptors (Lipinski definition) is 5. The minimum absolute atomic E-state index is 0.707. The van der Waals surface area contributed by atoms with E-state index >= 15 is 0 Å². The number of aliphatic hydroxyl groups excluding tert-OH is 2. The van der Waals surface area contributed by atoms with Crippen molar-refractivity contribution >= 4 is 0 Å². The number of rotatable bonds is 3. The molecule has 9 heavy (non-hydrogen) atoms. The molecule has 0 aromatic rings. The molecule has 5 heteroatoms. The molecular formula is C4H11NO4. The maximum absolute atomic E-state index is 8.49. The van der Waals surface area contributed by atoms with Crippen LogP contribution < -0.4 is 5.73 Å². The Labute approximate surface area is 52.7 Å². The van der Waals surface area contributed by atoms with Crippen LogP contribution >= 0.6 is 0 Å². The van der Waals surface area contributed by atoms with Gasteiger partial charge in [-0.2, -0.15) is 0 Å². The summed E-state index contributed by atoms with van der Waals surface area (Å²) in [5.74, 6) is 0. The average molecular weight is 137 g/mol. The Morgan fingerprint density at radius 1 is 1.33 bits per heavy atom. The van der Waals surface area contributed by atoms with Gasteiger partial charge in [-0.15, -0.1) is 0 Å². The predicted octanol–water partition coefficient (Wildman–Crippen LogP) is -2.06. The van der Waals surface area contributed by atoms with Crippen LogP contribution in [0.1, 0.15) is 6.92 Å². The quantitative estimate of drug-likeness (QED) is 0.335. The van der Waals surface area contributed by atoms with Gasteiger partial charge in [0.05, 0.1) is 0 Å². The minimum atomic E-state index is -1.89. The molecule has 0 radical (unpaired) electrons. The molecule has 0 bridgehead atoms. The molecule has 2 atom stereocenters. The van der Waals surface area contributed by atoms with Crippen LogP contribution in [0.2, 0.25) is 0 Å². The molecule has 0 fully saturated rings. The summed E-state index contributed by atoms with van der Waals surface area (Å²) < 4.78 is 4.34. The highest BCUT2D eigenvalue weighted by Gasteiger charge is 2.13. The molecule has 0 amide bonds. The topological polar surface area (TPSA) is 95.9 Å². The smallest absolute Gasteiger partial charge is 0.208 e. The van der Waals surface area contributed by atoms with E-state index in [-0.39, 0.29) is 0 Å². The van der Waals surface area contributed by atoms with E-state index in [0.717, 1.165) is 0 Å². The van der Waals surface area contributed by atoms with Gasteiger partial charge in [0.1, 0.15) is 6.23 Å². The van der Waals surface area contributed by atoms with Crippen molar-refractivity contribution in [1.82, 2.24) is 0 Å². The van der Waals surface area contributed by atoms with Gasteiger partial charge in [-0.25, -0.2) is 0 Å². The Hall–Kier alpha value is -0.200. The van der Waals surface area contributed by atoms with Gasteiger partial charge in [0, 0.05) is 0 Å². The second-order valence-corrected chi connectivity index (χ2v) is 1.65. The standard InChI is InChI=1S/C4H11NO4/c1-2(5)9-4(8)3(6)7/h2-4,6-8H,5H2,1H3. The summed E-state index contributed by atoms with van der Waals surface area (Å²) in [6.07, 6.45) is -4.22. The third kappa shape index (κ3) is 4.31. The van der Waals surface area contributed by atoms with Crippen LogP contribution in [-0.4, -0.2) is 34.1 Å². The largest absolute Gasteiger partial charge is 0.364 e. The molecule has 0 spiro atoms. The number of hydrogen-bond donors (Lipinski definition) is 4. The van der Waals surface area contributed by atoms with Crippen LogP contribution in [0.4, 0.5) is 0 Å². The molecule has 5 nitrogen and oxygen atoms in total. The molecule has 0 saturated heterocycles. The zero-order valence-electron chi connectivity index (χ0n) is 5.06. The summed E-state index contributed by atoms with van der Waals surface area (Å²) >= 11 is 0. The van der Waals surface area contributed by atoms with Gasteiger partial charge in [0.15, 0.2) is 0 Å². The Morgan fingerprint density at radius 2 is 1.78 bits per heavy atom. The first kappa shape index (κ1) is 8.80. The van der Waals surface area contributed by atoms with E-state index < -0.39 is 18.8 Å². The lowest BCUT2D eigenvalue weighted by Crippen LogP contribution is -2.34. The van der Waals surface area contributed by atoms with Crippen molar-refractivity contribution in [1.29, 1.82) is 0 Å². The van der Waals surface area contributed by atoms with Crippen molar-refractivity contribution < 1.29 is 20.1 Å². The Morgan fingerprint density at radius 3 is 1.89 bits per heavy atom. The fourth-order valence-electron chi connectivity index (χ4n) is 0.290. The molecule has 5 N–H and O–H groups in total. The van der Waals surface area contributed by atoms with Crippen molar-refractivity contribution in [2.45, 2.75) is 25.7 Å². The molecule has 56 valence electrons. The van der Waals surface area contributed by atoms with Gasteiger partial charge < -0.3 is 25.8 Å². The molecule has 0 aliphatic carbocycles. The van der Waals surface area contributed by atoms with E-state index in [2.05, 4.69) is 4.74 Å². The first-order chi connectivity index (χ1) is 4.04. The van der Waals surface area contributed by atoms with Gasteiger partial charge in [-0.1, -0.05) is 0 Å². The Bertz CT molecular complexity index is 75.0. The lowest BCUT2D eigenvalue weighted by atomic mass is 10.6. The van der Waals surface area contributed by atoms with Crippen LogP contribution in [0.15, 0.2) is 0 Å². The van der Waals surface area contributed by atoms with Gasteiger partial charge in [-0.05, 0) is 6.92 Å². The fourth-order valence-corrected chi connectivity index (χ4v) is 0.290. The van der Waals surface area contributed by atoms with E-state index in [4.69, 9.17) is 21.1 Å². The molecule has 0 aromatic heterocycles. The molecule has 0 rings (SSSR count). The van der Waals surface area contributed by atoms with Crippen molar-refractivity contribution in [2.24, 2.45) is 5.73 Å². The third-order valence-corrected chi connectivity index (χ3v) is 0.609. The maximum atomic E-state index is 8.49. The normalized spacial score (nSPS) is 18.0. The van der Waals surface area contributed by atoms with Gasteiger partial charge in [0.25, 0.3) is 0 Å². The lowest BCUT2D eigenvalue weighted by Gasteiger charge is -2.15. The van der Waals surface area contributed by atoms with Crippen molar-refractivity contribution in [3.63, 3.8) is 0 Å². The molecule has 0 aliphatic heterocycles. The SMILES string of the molecule is CC(N)OC(O)C(O)O. The summed E-state index contributed by atoms with van der Waals surface area (Å²) in [5, 5.41) is 24.9. The number of aliphatic hydroxyl groups is 3. The highest BCUT2D eigenvalue weighted by molar-refractivity contribution is 4.42. The van der Waals surface area contributed by atoms with E-state index in [9.17, 15) is 0 Å². The predicted molar refractivity (Wildman–Crippen MR) is 29.0 cm³/mol. The van der Waals surface area contributed by atoms with Gasteiger partial charge in [-0.3, -0.25) is 0 Å². The van der Waals surface area contributed by atoms with Crippen molar-refractivity contribution in [3.8, 4) is 0 Å². The van der Waals surface area contributed by atoms with Crippen LogP contribution in [-0.2, 0) is 4.74 Å². The first-order valence-electron chi connectivity index (χ1n) is 2.49. The summed E-state index contributed by atoms with van der Waals surface area (Å²) in [6.45, 7) is 1.46. The molecule has 2 unspecified atom stereocenters. The highest BCUT2D eigenvalue weighted by atomic mass is 16.7. The third-order valence-electron chi connectivity index (χ3n) is 0.609. The molecular weight excluding hydrogens is 126 g/mol. The van der Waals surface area contributed by atoms with E-state index in [0.29, 0.717) is 0 Å². The summed E-state index contributed by atoms with van der Waals surface area (Å²) in [6, 6.07) is 0. The maximum Gasteiger partial charge on any atom is 0.208 e. The van der Waals surface area contributed by atoms with Gasteiger partial charge >= 0.3 is 0 Å². The summed E-state index contributed by atoms with van der Waals surface area (Å²) in [5.41, 5.74) is 5.03. The van der Waals surface area contributed by atoms with E-state index in [1.807, 2.05) is 0 Å². The number of ether oxygens (including phenoxy) is 1. The monoisotopic (exact) mass is 137 g/mol.